The lowest BCUT2D eigenvalue weighted by atomic mass is 10.2. The number of nitrogens with zero attached hydrogens (tertiary/aromatic N) is 1. The van der Waals surface area contributed by atoms with Crippen LogP contribution in [0.3, 0.4) is 0 Å². The summed E-state index contributed by atoms with van der Waals surface area (Å²) in [4.78, 5) is 21.8. The fourth-order valence-electron chi connectivity index (χ4n) is 0.907. The highest BCUT2D eigenvalue weighted by Gasteiger charge is 2.17. The van der Waals surface area contributed by atoms with E-state index >= 15 is 0 Å². The van der Waals surface area contributed by atoms with Gasteiger partial charge in [0.25, 0.3) is 5.91 Å². The molecular formula is C8H11N3O3. The number of aromatic amines is 1. The summed E-state index contributed by atoms with van der Waals surface area (Å²) in [6.45, 7) is 3.11. The van der Waals surface area contributed by atoms with Crippen molar-refractivity contribution < 1.29 is 14.7 Å². The maximum absolute atomic E-state index is 11.4. The second-order valence-electron chi connectivity index (χ2n) is 2.96. The van der Waals surface area contributed by atoms with Crippen molar-refractivity contribution in [3.8, 4) is 0 Å². The van der Waals surface area contributed by atoms with Gasteiger partial charge in [-0.25, -0.2) is 0 Å². The molecule has 0 aliphatic rings. The summed E-state index contributed by atoms with van der Waals surface area (Å²) in [5.41, 5.74) is 0.971. The Morgan fingerprint density at radius 2 is 2.29 bits per heavy atom. The summed E-state index contributed by atoms with van der Waals surface area (Å²) < 4.78 is 0. The molecule has 1 rings (SSSR count). The molecule has 3 N–H and O–H groups in total. The first-order chi connectivity index (χ1) is 6.52. The number of nitrogens with one attached hydrogen (secondary N) is 2. The molecule has 0 aliphatic carbocycles. The van der Waals surface area contributed by atoms with Gasteiger partial charge in [-0.05, 0) is 19.4 Å². The number of hydrogen-bond donors (Lipinski definition) is 3. The topological polar surface area (TPSA) is 95.1 Å². The van der Waals surface area contributed by atoms with Crippen molar-refractivity contribution in [3.05, 3.63) is 17.5 Å². The van der Waals surface area contributed by atoms with E-state index in [0.717, 1.165) is 0 Å². The first-order valence-corrected chi connectivity index (χ1v) is 4.06. The highest BCUT2D eigenvalue weighted by molar-refractivity contribution is 5.95. The molecule has 0 spiro atoms. The van der Waals surface area contributed by atoms with Crippen LogP contribution in [0, 0.1) is 6.92 Å². The Morgan fingerprint density at radius 3 is 2.71 bits per heavy atom. The lowest BCUT2D eigenvalue weighted by molar-refractivity contribution is -0.138. The number of aromatic nitrogens is 2. The monoisotopic (exact) mass is 197 g/mol. The molecule has 1 aromatic rings. The van der Waals surface area contributed by atoms with E-state index < -0.39 is 17.9 Å². The Balaban J connectivity index is 2.69. The van der Waals surface area contributed by atoms with Gasteiger partial charge < -0.3 is 10.4 Å². The Hall–Kier alpha value is -1.85. The van der Waals surface area contributed by atoms with Crippen LogP contribution in [0.25, 0.3) is 0 Å². The maximum Gasteiger partial charge on any atom is 0.325 e. The predicted octanol–water partition coefficient (Wildman–Crippen LogP) is -0.0790. The van der Waals surface area contributed by atoms with Crippen LogP contribution < -0.4 is 5.32 Å². The SMILES string of the molecule is Cc1cn[nH]c1C(=O)NC(C)C(=O)O. The molecule has 76 valence electrons. The zero-order valence-corrected chi connectivity index (χ0v) is 7.87. The molecule has 1 aromatic heterocycles. The van der Waals surface area contributed by atoms with Crippen molar-refractivity contribution >= 4 is 11.9 Å². The maximum atomic E-state index is 11.4. The normalized spacial score (nSPS) is 12.1. The van der Waals surface area contributed by atoms with E-state index in [1.165, 1.54) is 13.1 Å². The Kier molecular flexibility index (Phi) is 2.85. The highest BCUT2D eigenvalue weighted by Crippen LogP contribution is 2.01. The van der Waals surface area contributed by atoms with Gasteiger partial charge in [0.2, 0.25) is 0 Å². The number of H-pyrrole nitrogens is 1. The molecule has 0 radical (unpaired) electrons. The molecule has 6 nitrogen and oxygen atoms in total. The molecule has 0 bridgehead atoms. The van der Waals surface area contributed by atoms with Crippen LogP contribution in [-0.4, -0.2) is 33.2 Å². The van der Waals surface area contributed by atoms with Crippen molar-refractivity contribution in [3.63, 3.8) is 0 Å². The fourth-order valence-corrected chi connectivity index (χ4v) is 0.907. The summed E-state index contributed by atoms with van der Waals surface area (Å²) in [6, 6.07) is -0.912. The molecule has 1 atom stereocenters. The summed E-state index contributed by atoms with van der Waals surface area (Å²) in [6.07, 6.45) is 1.50. The minimum absolute atomic E-state index is 0.290. The summed E-state index contributed by atoms with van der Waals surface area (Å²) >= 11 is 0. The van der Waals surface area contributed by atoms with Gasteiger partial charge in [0, 0.05) is 0 Å². The predicted molar refractivity (Wildman–Crippen MR) is 47.9 cm³/mol. The van der Waals surface area contributed by atoms with Crippen LogP contribution in [0.5, 0.6) is 0 Å². The third kappa shape index (κ3) is 2.09. The molecule has 1 amide bonds. The molecule has 0 saturated heterocycles. The van der Waals surface area contributed by atoms with Gasteiger partial charge in [-0.2, -0.15) is 5.10 Å². The van der Waals surface area contributed by atoms with E-state index in [1.54, 1.807) is 6.92 Å². The van der Waals surface area contributed by atoms with Crippen LogP contribution >= 0.6 is 0 Å². The molecule has 6 heteroatoms. The van der Waals surface area contributed by atoms with Crippen LogP contribution in [0.4, 0.5) is 0 Å². The number of aryl methyl sites for hydroxylation is 1. The highest BCUT2D eigenvalue weighted by atomic mass is 16.4. The third-order valence-electron chi connectivity index (χ3n) is 1.77. The van der Waals surface area contributed by atoms with Crippen molar-refractivity contribution in [1.29, 1.82) is 0 Å². The lowest BCUT2D eigenvalue weighted by Crippen LogP contribution is -2.38. The van der Waals surface area contributed by atoms with E-state index in [0.29, 0.717) is 5.56 Å². The van der Waals surface area contributed by atoms with E-state index in [9.17, 15) is 9.59 Å². The molecule has 0 aromatic carbocycles. The zero-order chi connectivity index (χ0) is 10.7. The number of carbonyl (C=O) groups excluding carboxylic acids is 1. The average molecular weight is 197 g/mol. The quantitative estimate of drug-likeness (QED) is 0.631. The molecule has 0 fully saturated rings. The van der Waals surface area contributed by atoms with Crippen LogP contribution in [0.2, 0.25) is 0 Å². The minimum atomic E-state index is -1.07. The molecule has 0 aliphatic heterocycles. The summed E-state index contributed by atoms with van der Waals surface area (Å²) in [5.74, 6) is -1.54. The Labute approximate surface area is 80.3 Å². The van der Waals surface area contributed by atoms with E-state index in [4.69, 9.17) is 5.11 Å². The van der Waals surface area contributed by atoms with Gasteiger partial charge in [0.1, 0.15) is 11.7 Å². The van der Waals surface area contributed by atoms with Crippen LogP contribution in [0.1, 0.15) is 23.0 Å². The molecule has 0 saturated carbocycles. The third-order valence-corrected chi connectivity index (χ3v) is 1.77. The van der Waals surface area contributed by atoms with Crippen LogP contribution in [0.15, 0.2) is 6.20 Å². The number of rotatable bonds is 3. The average Bonchev–Trinajstić information content (AvgIpc) is 2.51. The molecular weight excluding hydrogens is 186 g/mol. The number of carboxylic acids is 1. The van der Waals surface area contributed by atoms with E-state index in [2.05, 4.69) is 15.5 Å². The first kappa shape index (κ1) is 10.2. The van der Waals surface area contributed by atoms with E-state index in [1.807, 2.05) is 0 Å². The Bertz CT molecular complexity index is 358. The van der Waals surface area contributed by atoms with Gasteiger partial charge in [-0.1, -0.05) is 0 Å². The standard InChI is InChI=1S/C8H11N3O3/c1-4-3-9-11-6(4)7(12)10-5(2)8(13)14/h3,5H,1-2H3,(H,9,11)(H,10,12)(H,13,14). The van der Waals surface area contributed by atoms with Gasteiger partial charge in [-0.15, -0.1) is 0 Å². The minimum Gasteiger partial charge on any atom is -0.480 e. The molecule has 14 heavy (non-hydrogen) atoms. The van der Waals surface area contributed by atoms with E-state index in [-0.39, 0.29) is 5.69 Å². The number of carboxylic acid groups (broad SMARTS) is 1. The van der Waals surface area contributed by atoms with Crippen molar-refractivity contribution in [2.45, 2.75) is 19.9 Å². The van der Waals surface area contributed by atoms with Gasteiger partial charge >= 0.3 is 5.97 Å². The number of hydrogen-bond acceptors (Lipinski definition) is 3. The second-order valence-corrected chi connectivity index (χ2v) is 2.96. The van der Waals surface area contributed by atoms with Crippen molar-refractivity contribution in [2.24, 2.45) is 0 Å². The van der Waals surface area contributed by atoms with Crippen LogP contribution in [-0.2, 0) is 4.79 Å². The lowest BCUT2D eigenvalue weighted by Gasteiger charge is -2.07. The van der Waals surface area contributed by atoms with Crippen molar-refractivity contribution in [2.75, 3.05) is 0 Å². The smallest absolute Gasteiger partial charge is 0.325 e. The second kappa shape index (κ2) is 3.91. The summed E-state index contributed by atoms with van der Waals surface area (Å²) in [5, 5.41) is 17.0. The number of carbonyl (C=O) groups is 2. The molecule has 1 unspecified atom stereocenters. The fraction of sp³-hybridized carbons (Fsp3) is 0.375. The van der Waals surface area contributed by atoms with Gasteiger partial charge in [0.15, 0.2) is 0 Å². The van der Waals surface area contributed by atoms with Gasteiger partial charge in [-0.3, -0.25) is 14.7 Å². The summed E-state index contributed by atoms with van der Waals surface area (Å²) in [7, 11) is 0. The largest absolute Gasteiger partial charge is 0.480 e. The zero-order valence-electron chi connectivity index (χ0n) is 7.87. The van der Waals surface area contributed by atoms with Crippen molar-refractivity contribution in [1.82, 2.24) is 15.5 Å². The number of aliphatic carboxylic acids is 1. The molecule has 1 heterocycles. The first-order valence-electron chi connectivity index (χ1n) is 4.06. The van der Waals surface area contributed by atoms with Gasteiger partial charge in [0.05, 0.1) is 6.20 Å². The Morgan fingerprint density at radius 1 is 1.64 bits per heavy atom. The number of amides is 1.